The van der Waals surface area contributed by atoms with Crippen LogP contribution in [0.15, 0.2) is 0 Å². The van der Waals surface area contributed by atoms with Gasteiger partial charge in [-0.15, -0.1) is 0 Å². The van der Waals surface area contributed by atoms with Gasteiger partial charge in [0.1, 0.15) is 5.75 Å². The first kappa shape index (κ1) is 14.1. The summed E-state index contributed by atoms with van der Waals surface area (Å²) in [5.41, 5.74) is 0. The van der Waals surface area contributed by atoms with E-state index in [0.29, 0.717) is 18.6 Å². The third kappa shape index (κ3) is 12.1. The van der Waals surface area contributed by atoms with E-state index in [1.807, 2.05) is 0 Å². The fourth-order valence-electron chi connectivity index (χ4n) is 0.596. The second kappa shape index (κ2) is 7.38. The largest absolute Gasteiger partial charge is 0.481 e. The van der Waals surface area contributed by atoms with E-state index in [9.17, 15) is 13.2 Å². The molecule has 0 fully saturated rings. The molecule has 0 rings (SSSR count). The summed E-state index contributed by atoms with van der Waals surface area (Å²) in [6.07, 6.45) is 1.05. The lowest BCUT2D eigenvalue weighted by atomic mass is 10.4. The maximum absolute atomic E-state index is 10.3. The van der Waals surface area contributed by atoms with Crippen molar-refractivity contribution in [2.24, 2.45) is 0 Å². The Hall–Kier alpha value is 0.0800. The minimum Gasteiger partial charge on any atom is -0.481 e. The number of rotatable bonds is 8. The highest BCUT2D eigenvalue weighted by molar-refractivity contribution is 8.76. The van der Waals surface area contributed by atoms with Gasteiger partial charge in [0.15, 0.2) is 0 Å². The molecule has 0 atom stereocenters. The molecule has 0 aromatic carbocycles. The minimum absolute atomic E-state index is 0.0446. The van der Waals surface area contributed by atoms with Gasteiger partial charge in [-0.2, -0.15) is 8.42 Å². The van der Waals surface area contributed by atoms with Gasteiger partial charge in [0.05, 0.1) is 5.75 Å². The van der Waals surface area contributed by atoms with Crippen LogP contribution in [-0.2, 0) is 14.9 Å². The molecule has 0 aliphatic heterocycles. The molecule has 0 aliphatic carbocycles. The molecule has 0 aromatic heterocycles. The first-order chi connectivity index (χ1) is 6.42. The van der Waals surface area contributed by atoms with E-state index in [1.54, 1.807) is 0 Å². The Morgan fingerprint density at radius 1 is 1.21 bits per heavy atom. The van der Waals surface area contributed by atoms with E-state index < -0.39 is 16.1 Å². The van der Waals surface area contributed by atoms with Gasteiger partial charge < -0.3 is 5.11 Å². The van der Waals surface area contributed by atoms with Crippen molar-refractivity contribution in [2.75, 3.05) is 17.3 Å². The number of carboxylic acids is 1. The van der Waals surface area contributed by atoms with Crippen LogP contribution in [0.3, 0.4) is 0 Å². The summed E-state index contributed by atoms with van der Waals surface area (Å²) in [7, 11) is -1.22. The van der Waals surface area contributed by atoms with E-state index in [2.05, 4.69) is 0 Å². The van der Waals surface area contributed by atoms with Crippen molar-refractivity contribution in [1.82, 2.24) is 0 Å². The van der Waals surface area contributed by atoms with Gasteiger partial charge in [0.2, 0.25) is 0 Å². The van der Waals surface area contributed by atoms with E-state index >= 15 is 0 Å². The molecule has 0 heterocycles. The van der Waals surface area contributed by atoms with Crippen LogP contribution in [0.25, 0.3) is 0 Å². The monoisotopic (exact) mass is 260 g/mol. The fraction of sp³-hybridized carbons (Fsp3) is 0.833. The Labute approximate surface area is 90.8 Å². The maximum atomic E-state index is 10.3. The summed E-state index contributed by atoms with van der Waals surface area (Å²) >= 11 is 0. The molecular formula is C6H12O5S3. The highest BCUT2D eigenvalue weighted by atomic mass is 33.1. The Morgan fingerprint density at radius 3 is 2.36 bits per heavy atom. The van der Waals surface area contributed by atoms with Crippen LogP contribution < -0.4 is 0 Å². The molecule has 5 nitrogen and oxygen atoms in total. The van der Waals surface area contributed by atoms with Crippen molar-refractivity contribution in [2.45, 2.75) is 12.8 Å². The second-order valence-electron chi connectivity index (χ2n) is 2.47. The van der Waals surface area contributed by atoms with Crippen molar-refractivity contribution >= 4 is 37.7 Å². The molecule has 0 bridgehead atoms. The average Bonchev–Trinajstić information content (AvgIpc) is 2.00. The molecule has 0 aromatic rings. The molecule has 14 heavy (non-hydrogen) atoms. The van der Waals surface area contributed by atoms with Gasteiger partial charge in [-0.05, 0) is 12.8 Å². The van der Waals surface area contributed by atoms with Crippen molar-refractivity contribution in [3.63, 3.8) is 0 Å². The van der Waals surface area contributed by atoms with E-state index in [-0.39, 0.29) is 11.5 Å². The Balaban J connectivity index is 3.19. The SMILES string of the molecule is O=C(O)CSSCCCCS(=O)(=O)O. The summed E-state index contributed by atoms with van der Waals surface area (Å²) in [4.78, 5) is 10.1. The quantitative estimate of drug-likeness (QED) is 0.384. The molecule has 84 valence electrons. The summed E-state index contributed by atoms with van der Waals surface area (Å²) < 4.78 is 28.9. The van der Waals surface area contributed by atoms with Gasteiger partial charge in [-0.25, -0.2) is 0 Å². The highest BCUT2D eigenvalue weighted by Crippen LogP contribution is 2.21. The first-order valence-electron chi connectivity index (χ1n) is 3.83. The lowest BCUT2D eigenvalue weighted by Crippen LogP contribution is -2.03. The van der Waals surface area contributed by atoms with Crippen LogP contribution in [-0.4, -0.2) is 41.3 Å². The standard InChI is InChI=1S/C6H12O5S3/c7-6(8)5-13-12-3-1-2-4-14(9,10)11/h1-5H2,(H,7,8)(H,9,10,11). The van der Waals surface area contributed by atoms with Crippen LogP contribution in [0.1, 0.15) is 12.8 Å². The molecular weight excluding hydrogens is 248 g/mol. The van der Waals surface area contributed by atoms with Crippen molar-refractivity contribution in [3.05, 3.63) is 0 Å². The molecule has 0 spiro atoms. The number of hydrogen-bond acceptors (Lipinski definition) is 5. The maximum Gasteiger partial charge on any atom is 0.314 e. The number of carboxylic acid groups (broad SMARTS) is 1. The topological polar surface area (TPSA) is 91.7 Å². The lowest BCUT2D eigenvalue weighted by Gasteiger charge is -1.98. The van der Waals surface area contributed by atoms with Crippen LogP contribution in [0.4, 0.5) is 0 Å². The molecule has 2 N–H and O–H groups in total. The predicted molar refractivity (Wildman–Crippen MR) is 58.2 cm³/mol. The molecule has 0 saturated carbocycles. The van der Waals surface area contributed by atoms with Gasteiger partial charge >= 0.3 is 5.97 Å². The second-order valence-corrected chi connectivity index (χ2v) is 6.63. The van der Waals surface area contributed by atoms with Gasteiger partial charge in [-0.1, -0.05) is 21.6 Å². The number of hydrogen-bond donors (Lipinski definition) is 2. The number of aliphatic carboxylic acids is 1. The van der Waals surface area contributed by atoms with Crippen LogP contribution >= 0.6 is 21.6 Å². The van der Waals surface area contributed by atoms with Gasteiger partial charge in [0.25, 0.3) is 10.1 Å². The fourth-order valence-corrected chi connectivity index (χ4v) is 3.05. The zero-order chi connectivity index (χ0) is 11.0. The first-order valence-corrected chi connectivity index (χ1v) is 7.93. The minimum atomic E-state index is -3.84. The van der Waals surface area contributed by atoms with Crippen molar-refractivity contribution < 1.29 is 22.9 Å². The average molecular weight is 260 g/mol. The zero-order valence-electron chi connectivity index (χ0n) is 7.38. The Morgan fingerprint density at radius 2 is 1.86 bits per heavy atom. The third-order valence-corrected chi connectivity index (χ3v) is 4.29. The molecule has 0 radical (unpaired) electrons. The summed E-state index contributed by atoms with van der Waals surface area (Å²) in [6, 6.07) is 0. The van der Waals surface area contributed by atoms with Gasteiger partial charge in [-0.3, -0.25) is 9.35 Å². The Kier molecular flexibility index (Phi) is 7.42. The summed E-state index contributed by atoms with van der Waals surface area (Å²) in [6.45, 7) is 0. The van der Waals surface area contributed by atoms with Crippen molar-refractivity contribution in [1.29, 1.82) is 0 Å². The molecule has 8 heteroatoms. The van der Waals surface area contributed by atoms with E-state index in [4.69, 9.17) is 9.66 Å². The molecule has 0 saturated heterocycles. The van der Waals surface area contributed by atoms with Crippen molar-refractivity contribution in [3.8, 4) is 0 Å². The Bertz CT molecular complexity index is 261. The normalized spacial score (nSPS) is 11.5. The molecule has 0 amide bonds. The van der Waals surface area contributed by atoms with Crippen LogP contribution in [0.2, 0.25) is 0 Å². The van der Waals surface area contributed by atoms with Crippen LogP contribution in [0, 0.1) is 0 Å². The third-order valence-electron chi connectivity index (χ3n) is 1.15. The summed E-state index contributed by atoms with van der Waals surface area (Å²) in [5.74, 6) is -0.353. The smallest absolute Gasteiger partial charge is 0.314 e. The summed E-state index contributed by atoms with van der Waals surface area (Å²) in [5, 5.41) is 8.28. The number of unbranched alkanes of at least 4 members (excludes halogenated alkanes) is 1. The lowest BCUT2D eigenvalue weighted by molar-refractivity contribution is -0.133. The molecule has 0 aliphatic rings. The van der Waals surface area contributed by atoms with E-state index in [1.165, 1.54) is 21.6 Å². The van der Waals surface area contributed by atoms with E-state index in [0.717, 1.165) is 0 Å². The van der Waals surface area contributed by atoms with Gasteiger partial charge in [0, 0.05) is 5.75 Å². The predicted octanol–water partition coefficient (Wildman–Crippen LogP) is 1.12. The number of carbonyl (C=O) groups is 1. The molecule has 0 unspecified atom stereocenters. The zero-order valence-corrected chi connectivity index (χ0v) is 9.83. The highest BCUT2D eigenvalue weighted by Gasteiger charge is 2.03. The van der Waals surface area contributed by atoms with Crippen LogP contribution in [0.5, 0.6) is 0 Å².